The van der Waals surface area contributed by atoms with E-state index in [-0.39, 0.29) is 0 Å². The van der Waals surface area contributed by atoms with E-state index in [1.807, 2.05) is 18.5 Å². The van der Waals surface area contributed by atoms with Gasteiger partial charge in [0.15, 0.2) is 5.82 Å². The van der Waals surface area contributed by atoms with Crippen molar-refractivity contribution in [2.24, 2.45) is 0 Å². The van der Waals surface area contributed by atoms with Crippen LogP contribution in [-0.4, -0.2) is 61.1 Å². The Hall–Kier alpha value is -3.98. The maximum atomic E-state index is 5.22. The van der Waals surface area contributed by atoms with Crippen LogP contribution in [0.25, 0.3) is 44.6 Å². The topological polar surface area (TPSA) is 108 Å². The highest BCUT2D eigenvalue weighted by molar-refractivity contribution is 5.98. The number of H-pyrrole nitrogens is 1. The van der Waals surface area contributed by atoms with Crippen molar-refractivity contribution in [2.45, 2.75) is 25.2 Å². The third-order valence-corrected chi connectivity index (χ3v) is 7.22. The van der Waals surface area contributed by atoms with Gasteiger partial charge < -0.3 is 15.2 Å². The van der Waals surface area contributed by atoms with Gasteiger partial charge in [-0.1, -0.05) is 6.42 Å². The molecule has 0 atom stereocenters. The first-order valence-electron chi connectivity index (χ1n) is 12.2. The number of hydrogen-bond donors (Lipinski definition) is 2. The lowest BCUT2D eigenvalue weighted by atomic mass is 9.79. The SMILES string of the molecule is c1ncc(-c2cc3c(-c4nc(N5CCNCC5)c5c(C6CCC6)cncc5n4)ccnc3[nH]2)cn1. The Labute approximate surface area is 202 Å². The van der Waals surface area contributed by atoms with Crippen LogP contribution in [0.4, 0.5) is 5.82 Å². The molecule has 0 radical (unpaired) electrons. The predicted molar refractivity (Wildman–Crippen MR) is 135 cm³/mol. The smallest absolute Gasteiger partial charge is 0.163 e. The Morgan fingerprint density at radius 2 is 1.80 bits per heavy atom. The summed E-state index contributed by atoms with van der Waals surface area (Å²) in [5.74, 6) is 2.27. The summed E-state index contributed by atoms with van der Waals surface area (Å²) < 4.78 is 0. The van der Waals surface area contributed by atoms with Crippen LogP contribution in [-0.2, 0) is 0 Å². The van der Waals surface area contributed by atoms with Gasteiger partial charge in [0.05, 0.1) is 17.4 Å². The summed E-state index contributed by atoms with van der Waals surface area (Å²) >= 11 is 0. The minimum absolute atomic E-state index is 0.551. The minimum atomic E-state index is 0.551. The molecular weight excluding hydrogens is 438 g/mol. The van der Waals surface area contributed by atoms with Crippen molar-refractivity contribution in [1.82, 2.24) is 40.2 Å². The molecule has 9 heteroatoms. The van der Waals surface area contributed by atoms with Gasteiger partial charge in [-0.05, 0) is 36.5 Å². The Balaban J connectivity index is 1.43. The Kier molecular flexibility index (Phi) is 4.87. The van der Waals surface area contributed by atoms with E-state index in [1.165, 1.54) is 31.2 Å². The van der Waals surface area contributed by atoms with Gasteiger partial charge in [-0.3, -0.25) is 4.98 Å². The number of hydrogen-bond acceptors (Lipinski definition) is 8. The summed E-state index contributed by atoms with van der Waals surface area (Å²) in [6.07, 6.45) is 14.5. The molecule has 2 fully saturated rings. The van der Waals surface area contributed by atoms with Crippen molar-refractivity contribution in [2.75, 3.05) is 31.1 Å². The average molecular weight is 464 g/mol. The van der Waals surface area contributed by atoms with Gasteiger partial charge in [0.2, 0.25) is 0 Å². The first-order valence-corrected chi connectivity index (χ1v) is 12.2. The summed E-state index contributed by atoms with van der Waals surface area (Å²) in [6.45, 7) is 3.74. The van der Waals surface area contributed by atoms with Gasteiger partial charge in [0, 0.05) is 72.9 Å². The van der Waals surface area contributed by atoms with Gasteiger partial charge in [-0.15, -0.1) is 0 Å². The highest BCUT2D eigenvalue weighted by atomic mass is 15.2. The normalized spacial score (nSPS) is 16.6. The summed E-state index contributed by atoms with van der Waals surface area (Å²) in [6, 6.07) is 4.07. The molecule has 0 spiro atoms. The zero-order chi connectivity index (χ0) is 23.2. The monoisotopic (exact) mass is 463 g/mol. The molecule has 1 aliphatic heterocycles. The number of rotatable bonds is 4. The molecule has 5 aromatic heterocycles. The van der Waals surface area contributed by atoms with Crippen LogP contribution in [0.2, 0.25) is 0 Å². The molecule has 174 valence electrons. The zero-order valence-corrected chi connectivity index (χ0v) is 19.3. The van der Waals surface area contributed by atoms with Crippen LogP contribution >= 0.6 is 0 Å². The summed E-state index contributed by atoms with van der Waals surface area (Å²) in [5, 5.41) is 5.60. The van der Waals surface area contributed by atoms with E-state index < -0.39 is 0 Å². The maximum Gasteiger partial charge on any atom is 0.163 e. The summed E-state index contributed by atoms with van der Waals surface area (Å²) in [4.78, 5) is 33.5. The molecule has 1 aliphatic carbocycles. The number of fused-ring (bicyclic) bond motifs is 2. The van der Waals surface area contributed by atoms with Gasteiger partial charge in [-0.25, -0.2) is 24.9 Å². The second-order valence-corrected chi connectivity index (χ2v) is 9.29. The zero-order valence-electron chi connectivity index (χ0n) is 19.3. The van der Waals surface area contributed by atoms with Crippen LogP contribution in [0.1, 0.15) is 30.7 Å². The lowest BCUT2D eigenvalue weighted by Gasteiger charge is -2.32. The molecule has 2 aliphatic rings. The minimum Gasteiger partial charge on any atom is -0.353 e. The molecule has 6 heterocycles. The van der Waals surface area contributed by atoms with Crippen molar-refractivity contribution in [1.29, 1.82) is 0 Å². The first-order chi connectivity index (χ1) is 17.3. The highest BCUT2D eigenvalue weighted by Gasteiger charge is 2.27. The largest absolute Gasteiger partial charge is 0.353 e. The lowest BCUT2D eigenvalue weighted by molar-refractivity contribution is 0.421. The predicted octanol–water partition coefficient (Wildman–Crippen LogP) is 3.70. The fraction of sp³-hybridized carbons (Fsp3) is 0.308. The van der Waals surface area contributed by atoms with Crippen LogP contribution in [0, 0.1) is 0 Å². The average Bonchev–Trinajstić information content (AvgIpc) is 3.33. The standard InChI is InChI=1S/C26H25N9/c1-2-16(3-1)20-13-28-14-22-23(20)26(35-8-6-27-7-9-35)34-25(33-22)18-4-5-31-24-19(18)10-21(32-24)17-11-29-15-30-12-17/h4-5,10-16,27H,1-3,6-9H2,(H,31,32). The van der Waals surface area contributed by atoms with Gasteiger partial charge in [0.1, 0.15) is 17.8 Å². The number of pyridine rings is 2. The number of nitrogens with zero attached hydrogens (tertiary/aromatic N) is 7. The Morgan fingerprint density at radius 1 is 0.943 bits per heavy atom. The van der Waals surface area contributed by atoms with E-state index in [0.717, 1.165) is 70.8 Å². The second-order valence-electron chi connectivity index (χ2n) is 9.29. The van der Waals surface area contributed by atoms with Crippen molar-refractivity contribution in [3.05, 3.63) is 55.0 Å². The van der Waals surface area contributed by atoms with E-state index in [9.17, 15) is 0 Å². The fourth-order valence-electron chi connectivity index (χ4n) is 5.16. The van der Waals surface area contributed by atoms with Gasteiger partial charge in [0.25, 0.3) is 0 Å². The number of anilines is 1. The van der Waals surface area contributed by atoms with Crippen LogP contribution in [0.3, 0.4) is 0 Å². The Bertz CT molecular complexity index is 1520. The van der Waals surface area contributed by atoms with Crippen LogP contribution in [0.5, 0.6) is 0 Å². The molecule has 9 nitrogen and oxygen atoms in total. The van der Waals surface area contributed by atoms with E-state index >= 15 is 0 Å². The molecule has 35 heavy (non-hydrogen) atoms. The fourth-order valence-corrected chi connectivity index (χ4v) is 5.16. The molecule has 5 aromatic rings. The maximum absolute atomic E-state index is 5.22. The number of nitrogens with one attached hydrogen (secondary N) is 2. The molecule has 0 bridgehead atoms. The quantitative estimate of drug-likeness (QED) is 0.415. The third-order valence-electron chi connectivity index (χ3n) is 7.22. The van der Waals surface area contributed by atoms with E-state index in [1.54, 1.807) is 18.6 Å². The molecule has 2 N–H and O–H groups in total. The van der Waals surface area contributed by atoms with Gasteiger partial charge >= 0.3 is 0 Å². The molecule has 0 unspecified atom stereocenters. The number of aromatic amines is 1. The summed E-state index contributed by atoms with van der Waals surface area (Å²) in [7, 11) is 0. The van der Waals surface area contributed by atoms with E-state index in [2.05, 4.69) is 41.2 Å². The van der Waals surface area contributed by atoms with Crippen LogP contribution in [0.15, 0.2) is 49.4 Å². The van der Waals surface area contributed by atoms with Crippen molar-refractivity contribution in [3.8, 4) is 22.6 Å². The van der Waals surface area contributed by atoms with Crippen molar-refractivity contribution < 1.29 is 0 Å². The molecule has 0 amide bonds. The Morgan fingerprint density at radius 3 is 2.60 bits per heavy atom. The second kappa shape index (κ2) is 8.35. The van der Waals surface area contributed by atoms with E-state index in [0.29, 0.717) is 11.7 Å². The molecule has 1 saturated carbocycles. The number of piperazine rings is 1. The van der Waals surface area contributed by atoms with Crippen LogP contribution < -0.4 is 10.2 Å². The third kappa shape index (κ3) is 3.50. The van der Waals surface area contributed by atoms with Gasteiger partial charge in [-0.2, -0.15) is 0 Å². The van der Waals surface area contributed by atoms with E-state index in [4.69, 9.17) is 9.97 Å². The lowest BCUT2D eigenvalue weighted by Crippen LogP contribution is -2.44. The molecule has 1 saturated heterocycles. The molecule has 7 rings (SSSR count). The number of aromatic nitrogens is 7. The first kappa shape index (κ1) is 20.4. The van der Waals surface area contributed by atoms with Crippen molar-refractivity contribution in [3.63, 3.8) is 0 Å². The summed E-state index contributed by atoms with van der Waals surface area (Å²) in [5.41, 5.74) is 5.76. The van der Waals surface area contributed by atoms with Crippen molar-refractivity contribution >= 4 is 27.8 Å². The molecular formula is C26H25N9. The molecule has 0 aromatic carbocycles. The highest BCUT2D eigenvalue weighted by Crippen LogP contribution is 2.42.